The summed E-state index contributed by atoms with van der Waals surface area (Å²) in [5.41, 5.74) is 0.740. The molecule has 0 aliphatic rings. The Morgan fingerprint density at radius 3 is 2.41 bits per heavy atom. The minimum atomic E-state index is -0.694. The number of ether oxygens (including phenoxy) is 2. The van der Waals surface area contributed by atoms with Crippen LogP contribution in [0, 0.1) is 23.0 Å². The maximum Gasteiger partial charge on any atom is 0.338 e. The van der Waals surface area contributed by atoms with Gasteiger partial charge in [-0.2, -0.15) is 5.06 Å². The fourth-order valence-electron chi connectivity index (χ4n) is 2.51. The number of nitro benzene ring substituents is 1. The molecule has 154 valence electrons. The van der Waals surface area contributed by atoms with Crippen LogP contribution in [0.3, 0.4) is 0 Å². The molecule has 0 bridgehead atoms. The summed E-state index contributed by atoms with van der Waals surface area (Å²) in [5.74, 6) is -1.30. The predicted molar refractivity (Wildman–Crippen MR) is 104 cm³/mol. The number of carbonyl (C=O) groups excluding carboxylic acids is 2. The fraction of sp³-hybridized carbons (Fsp3) is 0.300. The van der Waals surface area contributed by atoms with Crippen LogP contribution in [-0.4, -0.2) is 35.2 Å². The van der Waals surface area contributed by atoms with E-state index in [-0.39, 0.29) is 24.6 Å². The Morgan fingerprint density at radius 2 is 1.86 bits per heavy atom. The zero-order chi connectivity index (χ0) is 21.6. The van der Waals surface area contributed by atoms with Gasteiger partial charge >= 0.3 is 5.97 Å². The number of nitrogens with zero attached hydrogens (tertiary/aromatic N) is 2. The topological polar surface area (TPSA) is 119 Å². The van der Waals surface area contributed by atoms with E-state index in [4.69, 9.17) is 9.47 Å². The van der Waals surface area contributed by atoms with Gasteiger partial charge in [-0.25, -0.2) is 4.79 Å². The van der Waals surface area contributed by atoms with Gasteiger partial charge in [0.1, 0.15) is 5.75 Å². The van der Waals surface area contributed by atoms with Crippen LogP contribution in [0.5, 0.6) is 5.75 Å². The molecule has 9 heteroatoms. The third-order valence-electron chi connectivity index (χ3n) is 4.12. The molecular weight excluding hydrogens is 380 g/mol. The molecule has 0 aromatic heterocycles. The lowest BCUT2D eigenvalue weighted by Gasteiger charge is -2.20. The van der Waals surface area contributed by atoms with Crippen molar-refractivity contribution in [1.29, 1.82) is 0 Å². The van der Waals surface area contributed by atoms with Crippen LogP contribution < -0.4 is 9.80 Å². The second kappa shape index (κ2) is 9.65. The van der Waals surface area contributed by atoms with Gasteiger partial charge in [0.05, 0.1) is 35.3 Å². The van der Waals surface area contributed by atoms with E-state index < -0.39 is 22.7 Å². The number of hydrogen-bond donors (Lipinski definition) is 1. The summed E-state index contributed by atoms with van der Waals surface area (Å²) in [5, 5.41) is 21.5. The molecule has 0 saturated carbocycles. The van der Waals surface area contributed by atoms with E-state index in [0.717, 1.165) is 0 Å². The van der Waals surface area contributed by atoms with E-state index in [2.05, 4.69) is 0 Å². The smallest absolute Gasteiger partial charge is 0.338 e. The fourth-order valence-corrected chi connectivity index (χ4v) is 2.51. The van der Waals surface area contributed by atoms with Gasteiger partial charge in [0.25, 0.3) is 11.6 Å². The van der Waals surface area contributed by atoms with Crippen LogP contribution in [0.25, 0.3) is 0 Å². The summed E-state index contributed by atoms with van der Waals surface area (Å²) >= 11 is 0. The monoisotopic (exact) mass is 402 g/mol. The van der Waals surface area contributed by atoms with Crippen molar-refractivity contribution in [3.05, 3.63) is 63.7 Å². The van der Waals surface area contributed by atoms with Gasteiger partial charge in [-0.3, -0.25) is 20.1 Å². The van der Waals surface area contributed by atoms with Crippen molar-refractivity contribution >= 4 is 23.3 Å². The highest BCUT2D eigenvalue weighted by Crippen LogP contribution is 2.24. The molecule has 0 radical (unpaired) electrons. The molecule has 1 N–H and O–H groups in total. The average molecular weight is 402 g/mol. The number of amides is 1. The zero-order valence-corrected chi connectivity index (χ0v) is 16.3. The van der Waals surface area contributed by atoms with Gasteiger partial charge in [0, 0.05) is 11.6 Å². The Balaban J connectivity index is 1.97. The number of aryl methyl sites for hydroxylation is 1. The first-order valence-corrected chi connectivity index (χ1v) is 8.92. The van der Waals surface area contributed by atoms with Crippen molar-refractivity contribution in [3.8, 4) is 5.75 Å². The van der Waals surface area contributed by atoms with Gasteiger partial charge < -0.3 is 9.47 Å². The first kappa shape index (κ1) is 21.8. The Hall–Kier alpha value is -3.46. The first-order chi connectivity index (χ1) is 13.7. The molecule has 1 amide bonds. The molecule has 2 aromatic rings. The maximum atomic E-state index is 12.4. The second-order valence-corrected chi connectivity index (χ2v) is 6.33. The van der Waals surface area contributed by atoms with E-state index in [0.29, 0.717) is 21.9 Å². The molecule has 0 spiro atoms. The molecule has 29 heavy (non-hydrogen) atoms. The number of esters is 1. The summed E-state index contributed by atoms with van der Waals surface area (Å²) in [4.78, 5) is 34.4. The molecule has 1 unspecified atom stereocenters. The Labute approximate surface area is 167 Å². The number of rotatable bonds is 8. The number of nitro groups is 1. The first-order valence-electron chi connectivity index (χ1n) is 8.92. The highest BCUT2D eigenvalue weighted by molar-refractivity contribution is 5.93. The minimum Gasteiger partial charge on any atom is -0.493 e. The summed E-state index contributed by atoms with van der Waals surface area (Å²) in [6.45, 7) is 5.09. The Morgan fingerprint density at radius 1 is 1.21 bits per heavy atom. The normalized spacial score (nSPS) is 11.4. The lowest BCUT2D eigenvalue weighted by Crippen LogP contribution is -2.34. The van der Waals surface area contributed by atoms with Crippen LogP contribution in [0.4, 0.5) is 11.4 Å². The van der Waals surface area contributed by atoms with E-state index in [1.54, 1.807) is 38.1 Å². The highest BCUT2D eigenvalue weighted by atomic mass is 16.6. The quantitative estimate of drug-likeness (QED) is 0.310. The van der Waals surface area contributed by atoms with E-state index in [9.17, 15) is 24.9 Å². The van der Waals surface area contributed by atoms with Gasteiger partial charge in [0.15, 0.2) is 0 Å². The minimum absolute atomic E-state index is 0.0133. The molecule has 0 heterocycles. The van der Waals surface area contributed by atoms with Crippen molar-refractivity contribution < 1.29 is 29.2 Å². The predicted octanol–water partition coefficient (Wildman–Crippen LogP) is 3.52. The largest absolute Gasteiger partial charge is 0.493 e. The molecule has 0 aliphatic carbocycles. The van der Waals surface area contributed by atoms with Gasteiger partial charge in [-0.1, -0.05) is 6.92 Å². The van der Waals surface area contributed by atoms with Crippen LogP contribution in [0.2, 0.25) is 0 Å². The summed E-state index contributed by atoms with van der Waals surface area (Å²) in [6.07, 6.45) is 0. The summed E-state index contributed by atoms with van der Waals surface area (Å²) in [7, 11) is 0. The molecule has 1 atom stereocenters. The number of benzene rings is 2. The average Bonchev–Trinajstić information content (AvgIpc) is 2.71. The van der Waals surface area contributed by atoms with Crippen LogP contribution in [0.1, 0.15) is 29.8 Å². The van der Waals surface area contributed by atoms with E-state index >= 15 is 0 Å². The van der Waals surface area contributed by atoms with Crippen LogP contribution >= 0.6 is 0 Å². The molecule has 2 rings (SSSR count). The molecular formula is C20H22N2O7. The van der Waals surface area contributed by atoms with E-state index in [1.165, 1.54) is 25.1 Å². The Bertz CT molecular complexity index is 896. The third-order valence-corrected chi connectivity index (χ3v) is 4.12. The van der Waals surface area contributed by atoms with Crippen molar-refractivity contribution in [2.75, 3.05) is 18.3 Å². The van der Waals surface area contributed by atoms with Crippen molar-refractivity contribution in [2.45, 2.75) is 20.8 Å². The van der Waals surface area contributed by atoms with E-state index in [1.807, 2.05) is 0 Å². The SMILES string of the molecule is CCOC(=O)c1ccc(OCC(C)C(=O)N(O)c2ccc([N+](=O)[O-])c(C)c2)cc1. The lowest BCUT2D eigenvalue weighted by atomic mass is 10.1. The molecule has 2 aromatic carbocycles. The molecule has 0 fully saturated rings. The van der Waals surface area contributed by atoms with Gasteiger partial charge in [0.2, 0.25) is 0 Å². The Kier molecular flexibility index (Phi) is 7.27. The number of hydrogen-bond acceptors (Lipinski definition) is 7. The standard InChI is InChI=1S/C20H22N2O7/c1-4-28-20(24)15-5-8-17(9-6-15)29-12-14(3)19(23)21(25)16-7-10-18(22(26)27)13(2)11-16/h5-11,14,25H,4,12H2,1-3H3. The van der Waals surface area contributed by atoms with Gasteiger partial charge in [-0.15, -0.1) is 0 Å². The molecule has 0 saturated heterocycles. The van der Waals surface area contributed by atoms with Crippen molar-refractivity contribution in [1.82, 2.24) is 0 Å². The summed E-state index contributed by atoms with van der Waals surface area (Å²) < 4.78 is 10.4. The number of carbonyl (C=O) groups is 2. The van der Waals surface area contributed by atoms with Crippen molar-refractivity contribution in [3.63, 3.8) is 0 Å². The van der Waals surface area contributed by atoms with Crippen LogP contribution in [0.15, 0.2) is 42.5 Å². The lowest BCUT2D eigenvalue weighted by molar-refractivity contribution is -0.385. The molecule has 9 nitrogen and oxygen atoms in total. The third kappa shape index (κ3) is 5.52. The maximum absolute atomic E-state index is 12.4. The second-order valence-electron chi connectivity index (χ2n) is 6.33. The molecule has 0 aliphatic heterocycles. The highest BCUT2D eigenvalue weighted by Gasteiger charge is 2.23. The van der Waals surface area contributed by atoms with Crippen LogP contribution in [-0.2, 0) is 9.53 Å². The number of anilines is 1. The number of hydroxylamine groups is 1. The zero-order valence-electron chi connectivity index (χ0n) is 16.3. The van der Waals surface area contributed by atoms with Gasteiger partial charge in [-0.05, 0) is 50.2 Å². The van der Waals surface area contributed by atoms with Crippen molar-refractivity contribution in [2.24, 2.45) is 5.92 Å². The summed E-state index contributed by atoms with van der Waals surface area (Å²) in [6, 6.07) is 10.2.